The predicted molar refractivity (Wildman–Crippen MR) is 84.7 cm³/mol. The third kappa shape index (κ3) is 4.31. The van der Waals surface area contributed by atoms with Crippen LogP contribution in [-0.2, 0) is 4.74 Å². The van der Waals surface area contributed by atoms with E-state index in [-0.39, 0.29) is 12.1 Å². The maximum atomic E-state index is 12.1. The van der Waals surface area contributed by atoms with E-state index in [1.54, 1.807) is 4.90 Å². The number of benzene rings is 1. The van der Waals surface area contributed by atoms with Crippen molar-refractivity contribution in [3.05, 3.63) is 35.4 Å². The molecule has 0 aromatic heterocycles. The van der Waals surface area contributed by atoms with Gasteiger partial charge >= 0.3 is 5.97 Å². The summed E-state index contributed by atoms with van der Waals surface area (Å²) in [4.78, 5) is 13.7. The van der Waals surface area contributed by atoms with Gasteiger partial charge in [0.25, 0.3) is 0 Å². The Labute approximate surface area is 128 Å². The molecule has 1 aliphatic rings. The number of aryl methyl sites for hydroxylation is 1. The molecule has 1 heterocycles. The lowest BCUT2D eigenvalue weighted by molar-refractivity contribution is -0.953. The number of ether oxygens (including phenoxy) is 1. The number of carbonyl (C=O) groups is 1. The van der Waals surface area contributed by atoms with Crippen LogP contribution < -0.4 is 4.90 Å². The van der Waals surface area contributed by atoms with Crippen LogP contribution in [0.15, 0.2) is 24.3 Å². The number of likely N-dealkylation sites (tertiary alicyclic amines) is 1. The highest BCUT2D eigenvalue weighted by Gasteiger charge is 2.30. The molecule has 1 fully saturated rings. The molecule has 0 spiro atoms. The third-order valence-corrected chi connectivity index (χ3v) is 4.66. The highest BCUT2D eigenvalue weighted by atomic mass is 16.5. The summed E-state index contributed by atoms with van der Waals surface area (Å²) in [5, 5.41) is 0. The molecule has 1 aromatic rings. The van der Waals surface area contributed by atoms with Gasteiger partial charge in [-0.25, -0.2) is 4.79 Å². The van der Waals surface area contributed by atoms with E-state index in [9.17, 15) is 4.79 Å². The Hall–Kier alpha value is -1.35. The van der Waals surface area contributed by atoms with Crippen molar-refractivity contribution in [1.82, 2.24) is 0 Å². The fourth-order valence-corrected chi connectivity index (χ4v) is 3.30. The number of carbonyl (C=O) groups excluding carboxylic acids is 1. The van der Waals surface area contributed by atoms with E-state index < -0.39 is 0 Å². The minimum Gasteiger partial charge on any atom is -0.453 e. The summed E-state index contributed by atoms with van der Waals surface area (Å²) in [5.41, 5.74) is 1.79. The first-order chi connectivity index (χ1) is 9.97. The van der Waals surface area contributed by atoms with Gasteiger partial charge in [0.1, 0.15) is 12.6 Å². The molecule has 1 saturated heterocycles. The second-order valence-corrected chi connectivity index (χ2v) is 6.59. The summed E-state index contributed by atoms with van der Waals surface area (Å²) >= 11 is 0. The average Bonchev–Trinajstić information content (AvgIpc) is 2.43. The zero-order valence-electron chi connectivity index (χ0n) is 13.7. The number of esters is 1. The summed E-state index contributed by atoms with van der Waals surface area (Å²) < 4.78 is 5.62. The molecule has 1 N–H and O–H groups in total. The highest BCUT2D eigenvalue weighted by molar-refractivity contribution is 5.89. The Balaban J connectivity index is 1.90. The van der Waals surface area contributed by atoms with Gasteiger partial charge in [-0.15, -0.1) is 0 Å². The quantitative estimate of drug-likeness (QED) is 0.863. The molecule has 1 aromatic carbocycles. The lowest BCUT2D eigenvalue weighted by Gasteiger charge is -2.37. The normalized spacial score (nSPS) is 24.6. The van der Waals surface area contributed by atoms with Crippen molar-refractivity contribution in [2.24, 2.45) is 0 Å². The maximum absolute atomic E-state index is 12.1. The standard InChI is InChI=1S/C18H27NO2/c1-13-8-10-17(11-9-13)18(20)21-16(4)12-19-14(2)6-5-7-15(19)3/h8-11,14-16H,5-7,12H2,1-4H3/p+1/t14-,15-,16+/m0/s1. The number of hydrogen-bond acceptors (Lipinski definition) is 2. The lowest BCUT2D eigenvalue weighted by atomic mass is 9.97. The largest absolute Gasteiger partial charge is 0.453 e. The summed E-state index contributed by atoms with van der Waals surface area (Å²) in [7, 11) is 0. The Morgan fingerprint density at radius 2 is 1.81 bits per heavy atom. The summed E-state index contributed by atoms with van der Waals surface area (Å²) in [6.07, 6.45) is 3.83. The number of piperidine rings is 1. The van der Waals surface area contributed by atoms with Crippen LogP contribution in [-0.4, -0.2) is 30.7 Å². The second kappa shape index (κ2) is 7.08. The second-order valence-electron chi connectivity index (χ2n) is 6.59. The van der Waals surface area contributed by atoms with Crippen molar-refractivity contribution in [1.29, 1.82) is 0 Å². The molecular formula is C18H28NO2+. The molecule has 0 bridgehead atoms. The van der Waals surface area contributed by atoms with Crippen molar-refractivity contribution < 1.29 is 14.4 Å². The summed E-state index contributed by atoms with van der Waals surface area (Å²) in [6.45, 7) is 9.53. The van der Waals surface area contributed by atoms with Gasteiger partial charge in [-0.2, -0.15) is 0 Å². The number of hydrogen-bond donors (Lipinski definition) is 1. The van der Waals surface area contributed by atoms with E-state index in [0.29, 0.717) is 17.6 Å². The van der Waals surface area contributed by atoms with Gasteiger partial charge in [0.05, 0.1) is 17.6 Å². The molecule has 3 heteroatoms. The monoisotopic (exact) mass is 290 g/mol. The molecule has 116 valence electrons. The Kier molecular flexibility index (Phi) is 5.40. The van der Waals surface area contributed by atoms with Gasteiger partial charge in [-0.3, -0.25) is 0 Å². The van der Waals surface area contributed by atoms with E-state index in [1.165, 1.54) is 19.3 Å². The Bertz CT molecular complexity index is 459. The van der Waals surface area contributed by atoms with Crippen molar-refractivity contribution in [3.63, 3.8) is 0 Å². The third-order valence-electron chi connectivity index (χ3n) is 4.66. The molecule has 0 aliphatic carbocycles. The van der Waals surface area contributed by atoms with E-state index >= 15 is 0 Å². The van der Waals surface area contributed by atoms with Crippen LogP contribution in [0.2, 0.25) is 0 Å². The number of rotatable bonds is 4. The van der Waals surface area contributed by atoms with Crippen LogP contribution in [0.1, 0.15) is 56.0 Å². The molecule has 3 nitrogen and oxygen atoms in total. The SMILES string of the molecule is Cc1ccc(C(=O)O[C@H](C)C[NH+]2[C@@H](C)CCC[C@@H]2C)cc1. The maximum Gasteiger partial charge on any atom is 0.338 e. The van der Waals surface area contributed by atoms with Crippen molar-refractivity contribution in [2.45, 2.75) is 65.1 Å². The minimum atomic E-state index is -0.209. The van der Waals surface area contributed by atoms with E-state index in [4.69, 9.17) is 4.74 Å². The zero-order valence-corrected chi connectivity index (χ0v) is 13.7. The zero-order chi connectivity index (χ0) is 15.4. The van der Waals surface area contributed by atoms with Crippen LogP contribution in [0.3, 0.4) is 0 Å². The van der Waals surface area contributed by atoms with Gasteiger partial charge in [-0.05, 0) is 59.1 Å². The minimum absolute atomic E-state index is 0.0446. The van der Waals surface area contributed by atoms with Gasteiger partial charge in [-0.1, -0.05) is 17.7 Å². The van der Waals surface area contributed by atoms with Crippen LogP contribution >= 0.6 is 0 Å². The van der Waals surface area contributed by atoms with Gasteiger partial charge in [0, 0.05) is 0 Å². The first-order valence-electron chi connectivity index (χ1n) is 8.10. The first-order valence-corrected chi connectivity index (χ1v) is 8.10. The fraction of sp³-hybridized carbons (Fsp3) is 0.611. The molecule has 21 heavy (non-hydrogen) atoms. The van der Waals surface area contributed by atoms with Gasteiger partial charge < -0.3 is 9.64 Å². The molecule has 0 saturated carbocycles. The van der Waals surface area contributed by atoms with Crippen LogP contribution in [0.5, 0.6) is 0 Å². The van der Waals surface area contributed by atoms with Crippen molar-refractivity contribution in [3.8, 4) is 0 Å². The van der Waals surface area contributed by atoms with E-state index in [2.05, 4.69) is 13.8 Å². The lowest BCUT2D eigenvalue weighted by Crippen LogP contribution is -3.20. The topological polar surface area (TPSA) is 30.7 Å². The van der Waals surface area contributed by atoms with Crippen LogP contribution in [0.25, 0.3) is 0 Å². The summed E-state index contributed by atoms with van der Waals surface area (Å²) in [6, 6.07) is 8.89. The Morgan fingerprint density at radius 3 is 2.38 bits per heavy atom. The van der Waals surface area contributed by atoms with Crippen LogP contribution in [0.4, 0.5) is 0 Å². The summed E-state index contributed by atoms with van der Waals surface area (Å²) in [5.74, 6) is -0.209. The molecule has 3 atom stereocenters. The first kappa shape index (κ1) is 16.0. The highest BCUT2D eigenvalue weighted by Crippen LogP contribution is 2.09. The smallest absolute Gasteiger partial charge is 0.338 e. The van der Waals surface area contributed by atoms with Crippen LogP contribution in [0, 0.1) is 6.92 Å². The number of nitrogens with one attached hydrogen (secondary N) is 1. The molecular weight excluding hydrogens is 262 g/mol. The molecule has 0 amide bonds. The molecule has 2 rings (SSSR count). The average molecular weight is 290 g/mol. The van der Waals surface area contributed by atoms with E-state index in [0.717, 1.165) is 12.1 Å². The number of quaternary nitrogens is 1. The fourth-order valence-electron chi connectivity index (χ4n) is 3.30. The molecule has 1 aliphatic heterocycles. The molecule has 0 unspecified atom stereocenters. The Morgan fingerprint density at radius 1 is 1.24 bits per heavy atom. The van der Waals surface area contributed by atoms with Gasteiger partial charge in [0.2, 0.25) is 0 Å². The predicted octanol–water partition coefficient (Wildman–Crippen LogP) is 2.39. The van der Waals surface area contributed by atoms with E-state index in [1.807, 2.05) is 38.1 Å². The molecule has 0 radical (unpaired) electrons. The van der Waals surface area contributed by atoms with Crippen molar-refractivity contribution >= 4 is 5.97 Å². The van der Waals surface area contributed by atoms with Gasteiger partial charge in [0.15, 0.2) is 0 Å². The van der Waals surface area contributed by atoms with Crippen molar-refractivity contribution in [2.75, 3.05) is 6.54 Å².